The van der Waals surface area contributed by atoms with E-state index in [0.29, 0.717) is 11.8 Å². The van der Waals surface area contributed by atoms with E-state index in [1.54, 1.807) is 0 Å². The van der Waals surface area contributed by atoms with E-state index in [4.69, 9.17) is 12.8 Å². The largest absolute Gasteiger partial charge is 0.115 e. The quantitative estimate of drug-likeness (QED) is 0.661. The first kappa shape index (κ1) is 17.5. The highest BCUT2D eigenvalue weighted by Crippen LogP contribution is 2.20. The van der Waals surface area contributed by atoms with Gasteiger partial charge in [-0.3, -0.25) is 0 Å². The summed E-state index contributed by atoms with van der Waals surface area (Å²) in [7, 11) is 0. The van der Waals surface area contributed by atoms with Crippen molar-refractivity contribution >= 4 is 0 Å². The summed E-state index contributed by atoms with van der Waals surface area (Å²) < 4.78 is 0. The molecule has 0 spiro atoms. The monoisotopic (exact) mass is 310 g/mol. The van der Waals surface area contributed by atoms with Crippen LogP contribution >= 0.6 is 0 Å². The van der Waals surface area contributed by atoms with E-state index in [0.717, 1.165) is 22.3 Å². The zero-order chi connectivity index (χ0) is 17.7. The minimum absolute atomic E-state index is 0.440. The van der Waals surface area contributed by atoms with Crippen molar-refractivity contribution in [3.05, 3.63) is 69.8 Å². The van der Waals surface area contributed by atoms with Crippen LogP contribution in [0.25, 0.3) is 0 Å². The second-order valence-electron chi connectivity index (χ2n) is 6.46. The van der Waals surface area contributed by atoms with Crippen molar-refractivity contribution in [1.82, 2.24) is 0 Å². The Bertz CT molecular complexity index is 811. The minimum atomic E-state index is 0.440. The molecule has 0 atom stereocenters. The second-order valence-corrected chi connectivity index (χ2v) is 6.46. The van der Waals surface area contributed by atoms with Gasteiger partial charge in [0, 0.05) is 22.3 Å². The van der Waals surface area contributed by atoms with Crippen LogP contribution in [0.15, 0.2) is 36.4 Å². The molecule has 0 amide bonds. The standard InChI is InChI=1S/C24H22/c1-7-19-15-23(17(3)4)13-11-21(19)9-10-22-12-14-24(18(5)6)16-20(22)8-2/h1-2,11-18H,3-6H3. The minimum Gasteiger partial charge on any atom is -0.115 e. The van der Waals surface area contributed by atoms with Gasteiger partial charge in [0.25, 0.3) is 0 Å². The average molecular weight is 310 g/mol. The Morgan fingerprint density at radius 3 is 1.29 bits per heavy atom. The van der Waals surface area contributed by atoms with Crippen molar-refractivity contribution < 1.29 is 0 Å². The van der Waals surface area contributed by atoms with Crippen LogP contribution in [0, 0.1) is 36.5 Å². The van der Waals surface area contributed by atoms with Crippen molar-refractivity contribution in [3.63, 3.8) is 0 Å². The van der Waals surface area contributed by atoms with Gasteiger partial charge in [-0.2, -0.15) is 0 Å². The molecule has 2 aromatic rings. The Morgan fingerprint density at radius 1 is 0.625 bits per heavy atom. The zero-order valence-corrected chi connectivity index (χ0v) is 14.8. The van der Waals surface area contributed by atoms with Gasteiger partial charge in [-0.05, 0) is 47.2 Å². The lowest BCUT2D eigenvalue weighted by molar-refractivity contribution is 0.866. The van der Waals surface area contributed by atoms with Crippen molar-refractivity contribution in [1.29, 1.82) is 0 Å². The van der Waals surface area contributed by atoms with E-state index < -0.39 is 0 Å². The van der Waals surface area contributed by atoms with Gasteiger partial charge in [0.1, 0.15) is 0 Å². The molecule has 2 rings (SSSR count). The second kappa shape index (κ2) is 7.59. The van der Waals surface area contributed by atoms with Crippen molar-refractivity contribution in [2.75, 3.05) is 0 Å². The number of hydrogen-bond donors (Lipinski definition) is 0. The van der Waals surface area contributed by atoms with Crippen molar-refractivity contribution in [2.45, 2.75) is 39.5 Å². The molecule has 0 saturated heterocycles. The van der Waals surface area contributed by atoms with Crippen LogP contribution in [-0.4, -0.2) is 0 Å². The van der Waals surface area contributed by atoms with E-state index in [1.807, 2.05) is 24.3 Å². The first-order chi connectivity index (χ1) is 11.5. The molecule has 0 bridgehead atoms. The molecule has 0 saturated carbocycles. The molecule has 0 aliphatic rings. The molecule has 24 heavy (non-hydrogen) atoms. The van der Waals surface area contributed by atoms with Gasteiger partial charge >= 0.3 is 0 Å². The molecule has 0 aromatic heterocycles. The number of benzene rings is 2. The summed E-state index contributed by atoms with van der Waals surface area (Å²) in [5, 5.41) is 0. The normalized spacial score (nSPS) is 10.0. The summed E-state index contributed by atoms with van der Waals surface area (Å²) in [5.41, 5.74) is 5.82. The molecule has 0 fully saturated rings. The lowest BCUT2D eigenvalue weighted by Gasteiger charge is -2.07. The third-order valence-electron chi connectivity index (χ3n) is 4.06. The maximum atomic E-state index is 5.65. The lowest BCUT2D eigenvalue weighted by atomic mass is 9.96. The molecule has 0 heterocycles. The summed E-state index contributed by atoms with van der Waals surface area (Å²) in [6.45, 7) is 8.60. The fourth-order valence-electron chi connectivity index (χ4n) is 2.43. The van der Waals surface area contributed by atoms with Crippen molar-refractivity contribution in [3.8, 4) is 36.5 Å². The molecule has 0 unspecified atom stereocenters. The maximum absolute atomic E-state index is 5.65. The van der Waals surface area contributed by atoms with Gasteiger partial charge in [-0.1, -0.05) is 63.5 Å². The first-order valence-corrected chi connectivity index (χ1v) is 8.19. The van der Waals surface area contributed by atoms with Crippen LogP contribution in [0.5, 0.6) is 0 Å². The van der Waals surface area contributed by atoms with E-state index in [9.17, 15) is 0 Å². The van der Waals surface area contributed by atoms with E-state index in [2.05, 4.69) is 63.5 Å². The van der Waals surface area contributed by atoms with Gasteiger partial charge < -0.3 is 0 Å². The molecular formula is C24H22. The Kier molecular flexibility index (Phi) is 5.53. The van der Waals surface area contributed by atoms with Crippen LogP contribution in [0.3, 0.4) is 0 Å². The smallest absolute Gasteiger partial charge is 0.0405 e. The molecule has 2 aromatic carbocycles. The zero-order valence-electron chi connectivity index (χ0n) is 14.8. The molecule has 0 nitrogen and oxygen atoms in total. The molecular weight excluding hydrogens is 288 g/mol. The van der Waals surface area contributed by atoms with Crippen molar-refractivity contribution in [2.24, 2.45) is 0 Å². The van der Waals surface area contributed by atoms with Gasteiger partial charge in [0.05, 0.1) is 0 Å². The fourth-order valence-corrected chi connectivity index (χ4v) is 2.43. The molecule has 0 aliphatic carbocycles. The summed E-state index contributed by atoms with van der Waals surface area (Å²) in [6, 6.07) is 12.2. The molecule has 0 heteroatoms. The maximum Gasteiger partial charge on any atom is 0.0405 e. The number of hydrogen-bond acceptors (Lipinski definition) is 0. The molecule has 0 radical (unpaired) electrons. The summed E-state index contributed by atoms with van der Waals surface area (Å²) in [6.07, 6.45) is 11.3. The van der Waals surface area contributed by atoms with E-state index in [1.165, 1.54) is 11.1 Å². The van der Waals surface area contributed by atoms with Crippen LogP contribution in [0.4, 0.5) is 0 Å². The Hall–Kier alpha value is -2.88. The Labute approximate surface area is 146 Å². The van der Waals surface area contributed by atoms with E-state index >= 15 is 0 Å². The average Bonchev–Trinajstić information content (AvgIpc) is 2.59. The number of terminal acetylenes is 2. The topological polar surface area (TPSA) is 0 Å². The van der Waals surface area contributed by atoms with Crippen LogP contribution in [0.1, 0.15) is 72.9 Å². The highest BCUT2D eigenvalue weighted by atomic mass is 14.1. The summed E-state index contributed by atoms with van der Waals surface area (Å²) in [4.78, 5) is 0. The van der Waals surface area contributed by atoms with Gasteiger partial charge in [0.15, 0.2) is 0 Å². The summed E-state index contributed by atoms with van der Waals surface area (Å²) >= 11 is 0. The SMILES string of the molecule is C#Cc1cc(C(C)C)ccc1C#Cc1ccc(C(C)C)cc1C#C. The predicted molar refractivity (Wildman–Crippen MR) is 103 cm³/mol. The molecule has 118 valence electrons. The van der Waals surface area contributed by atoms with E-state index in [-0.39, 0.29) is 0 Å². The Balaban J connectivity index is 2.44. The van der Waals surface area contributed by atoms with Crippen LogP contribution in [0.2, 0.25) is 0 Å². The highest BCUT2D eigenvalue weighted by molar-refractivity contribution is 5.57. The third kappa shape index (κ3) is 3.90. The van der Waals surface area contributed by atoms with Crippen LogP contribution in [-0.2, 0) is 0 Å². The number of rotatable bonds is 2. The van der Waals surface area contributed by atoms with Gasteiger partial charge in [0.2, 0.25) is 0 Å². The predicted octanol–water partition coefficient (Wildman–Crippen LogP) is 5.30. The van der Waals surface area contributed by atoms with Gasteiger partial charge in [-0.25, -0.2) is 0 Å². The fraction of sp³-hybridized carbons (Fsp3) is 0.250. The molecule has 0 aliphatic heterocycles. The third-order valence-corrected chi connectivity index (χ3v) is 4.06. The Morgan fingerprint density at radius 2 is 1.00 bits per heavy atom. The van der Waals surface area contributed by atoms with Crippen LogP contribution < -0.4 is 0 Å². The summed E-state index contributed by atoms with van der Waals surface area (Å²) in [5.74, 6) is 12.7. The first-order valence-electron chi connectivity index (χ1n) is 8.19. The van der Waals surface area contributed by atoms with Gasteiger partial charge in [-0.15, -0.1) is 12.8 Å². The highest BCUT2D eigenvalue weighted by Gasteiger charge is 2.05. The lowest BCUT2D eigenvalue weighted by Crippen LogP contribution is -1.93. The molecule has 0 N–H and O–H groups in total.